The number of nitrogen functional groups attached to an aromatic ring is 1. The van der Waals surface area contributed by atoms with E-state index in [1.54, 1.807) is 22.7 Å². The lowest BCUT2D eigenvalue weighted by molar-refractivity contribution is 0.249. The zero-order valence-electron chi connectivity index (χ0n) is 17.7. The number of urea groups is 1. The molecule has 156 valence electrons. The summed E-state index contributed by atoms with van der Waals surface area (Å²) in [6, 6.07) is 9.45. The molecule has 0 radical (unpaired) electrons. The van der Waals surface area contributed by atoms with Crippen LogP contribution in [0.15, 0.2) is 35.5 Å². The van der Waals surface area contributed by atoms with Gasteiger partial charge in [-0.05, 0) is 42.9 Å². The number of amides is 2. The maximum atomic E-state index is 12.9. The highest BCUT2D eigenvalue weighted by molar-refractivity contribution is 7.99. The third-order valence-corrected chi connectivity index (χ3v) is 6.24. The van der Waals surface area contributed by atoms with Crippen molar-refractivity contribution in [3.63, 3.8) is 0 Å². The van der Waals surface area contributed by atoms with Crippen molar-refractivity contribution in [2.75, 3.05) is 17.2 Å². The van der Waals surface area contributed by atoms with Crippen molar-refractivity contribution in [1.82, 2.24) is 15.3 Å². The van der Waals surface area contributed by atoms with Crippen LogP contribution in [-0.2, 0) is 5.41 Å². The van der Waals surface area contributed by atoms with Crippen LogP contribution in [0.5, 0.6) is 0 Å². The Kier molecular flexibility index (Phi) is 6.67. The van der Waals surface area contributed by atoms with E-state index < -0.39 is 0 Å². The molecule has 6 nitrogen and oxygen atoms in total. The fourth-order valence-electron chi connectivity index (χ4n) is 3.45. The van der Waals surface area contributed by atoms with Gasteiger partial charge >= 0.3 is 6.03 Å². The Balaban J connectivity index is 1.96. The van der Waals surface area contributed by atoms with Gasteiger partial charge in [-0.25, -0.2) is 19.7 Å². The van der Waals surface area contributed by atoms with Crippen molar-refractivity contribution in [3.8, 4) is 0 Å². The van der Waals surface area contributed by atoms with E-state index in [-0.39, 0.29) is 11.4 Å². The van der Waals surface area contributed by atoms with E-state index in [9.17, 15) is 4.79 Å². The van der Waals surface area contributed by atoms with Gasteiger partial charge in [0.25, 0.3) is 0 Å². The fraction of sp³-hybridized carbons (Fsp3) is 0.500. The summed E-state index contributed by atoms with van der Waals surface area (Å²) in [4.78, 5) is 23.6. The summed E-state index contributed by atoms with van der Waals surface area (Å²) in [6.45, 7) is 8.93. The third-order valence-electron chi connectivity index (χ3n) is 5.04. The molecule has 7 heteroatoms. The van der Waals surface area contributed by atoms with Crippen molar-refractivity contribution in [2.24, 2.45) is 0 Å². The Labute approximate surface area is 177 Å². The molecule has 29 heavy (non-hydrogen) atoms. The maximum absolute atomic E-state index is 12.9. The molecule has 0 atom stereocenters. The molecule has 1 aromatic heterocycles. The van der Waals surface area contributed by atoms with Gasteiger partial charge in [0, 0.05) is 17.9 Å². The van der Waals surface area contributed by atoms with Gasteiger partial charge in [0.1, 0.15) is 11.6 Å². The van der Waals surface area contributed by atoms with E-state index in [1.807, 2.05) is 19.1 Å². The van der Waals surface area contributed by atoms with Crippen molar-refractivity contribution < 1.29 is 4.79 Å². The van der Waals surface area contributed by atoms with Gasteiger partial charge in [0.2, 0.25) is 0 Å². The summed E-state index contributed by atoms with van der Waals surface area (Å²) in [7, 11) is 0. The lowest BCUT2D eigenvalue weighted by Crippen LogP contribution is -2.37. The van der Waals surface area contributed by atoms with Gasteiger partial charge in [-0.1, -0.05) is 57.5 Å². The number of rotatable bonds is 5. The van der Waals surface area contributed by atoms with E-state index in [0.717, 1.165) is 5.69 Å². The number of hydrogen-bond donors (Lipinski definition) is 2. The average molecular weight is 414 g/mol. The minimum atomic E-state index is -0.231. The van der Waals surface area contributed by atoms with Crippen LogP contribution >= 0.6 is 11.8 Å². The predicted molar refractivity (Wildman–Crippen MR) is 121 cm³/mol. The summed E-state index contributed by atoms with van der Waals surface area (Å²) in [5.41, 5.74) is 8.08. The Morgan fingerprint density at radius 3 is 2.45 bits per heavy atom. The predicted octanol–water partition coefficient (Wildman–Crippen LogP) is 5.26. The number of aromatic nitrogens is 2. The van der Waals surface area contributed by atoms with Gasteiger partial charge in [0.15, 0.2) is 5.16 Å². The summed E-state index contributed by atoms with van der Waals surface area (Å²) in [6.07, 6.45) is 4.84. The number of nitrogens with two attached hydrogens (primary N) is 1. The van der Waals surface area contributed by atoms with E-state index in [0.29, 0.717) is 28.6 Å². The number of carbonyl (C=O) groups is 1. The molecule has 0 aliphatic heterocycles. The number of nitrogens with zero attached hydrogens (tertiary/aromatic N) is 3. The molecular weight excluding hydrogens is 382 g/mol. The second kappa shape index (κ2) is 9.03. The fourth-order valence-corrected chi connectivity index (χ4v) is 4.62. The van der Waals surface area contributed by atoms with E-state index in [1.165, 1.54) is 31.2 Å². The first-order valence-corrected chi connectivity index (χ1v) is 11.2. The van der Waals surface area contributed by atoms with Crippen LogP contribution in [0.4, 0.5) is 22.1 Å². The SMILES string of the molecule is CCNC(=O)N(c1ccc(C(C)(C)C)cc1)c1cc(N)nc(SC2CCCC2)n1. The Bertz CT molecular complexity index is 841. The van der Waals surface area contributed by atoms with Gasteiger partial charge in [-0.2, -0.15) is 0 Å². The maximum Gasteiger partial charge on any atom is 0.327 e. The molecule has 1 saturated carbocycles. The second-order valence-electron chi connectivity index (χ2n) is 8.43. The summed E-state index contributed by atoms with van der Waals surface area (Å²) >= 11 is 1.66. The molecule has 0 bridgehead atoms. The highest BCUT2D eigenvalue weighted by atomic mass is 32.2. The van der Waals surface area contributed by atoms with Crippen molar-refractivity contribution >= 4 is 35.1 Å². The van der Waals surface area contributed by atoms with Crippen molar-refractivity contribution in [3.05, 3.63) is 35.9 Å². The molecule has 3 rings (SSSR count). The number of hydrogen-bond acceptors (Lipinski definition) is 5. The van der Waals surface area contributed by atoms with E-state index >= 15 is 0 Å². The molecule has 3 N–H and O–H groups in total. The highest BCUT2D eigenvalue weighted by Gasteiger charge is 2.23. The molecule has 2 aromatic rings. The van der Waals surface area contributed by atoms with E-state index in [4.69, 9.17) is 5.73 Å². The van der Waals surface area contributed by atoms with Crippen LogP contribution in [0, 0.1) is 0 Å². The monoisotopic (exact) mass is 413 g/mol. The minimum Gasteiger partial charge on any atom is -0.383 e. The molecule has 2 amide bonds. The van der Waals surface area contributed by atoms with Crippen LogP contribution in [0.3, 0.4) is 0 Å². The van der Waals surface area contributed by atoms with Crippen LogP contribution in [0.1, 0.15) is 58.9 Å². The normalized spacial score (nSPS) is 14.8. The first kappa shape index (κ1) is 21.4. The summed E-state index contributed by atoms with van der Waals surface area (Å²) in [5.74, 6) is 0.864. The zero-order chi connectivity index (χ0) is 21.0. The standard InChI is InChI=1S/C22H31N5OS/c1-5-24-21(28)27(16-12-10-15(11-13-16)22(2,3)4)19-14-18(23)25-20(26-19)29-17-8-6-7-9-17/h10-14,17H,5-9H2,1-4H3,(H,24,28)(H2,23,25,26). The molecule has 1 aliphatic rings. The highest BCUT2D eigenvalue weighted by Crippen LogP contribution is 2.35. The first-order chi connectivity index (χ1) is 13.8. The first-order valence-electron chi connectivity index (χ1n) is 10.3. The lowest BCUT2D eigenvalue weighted by Gasteiger charge is -2.24. The molecule has 1 fully saturated rings. The number of carbonyl (C=O) groups excluding carboxylic acids is 1. The topological polar surface area (TPSA) is 84.1 Å². The average Bonchev–Trinajstić information content (AvgIpc) is 3.14. The third kappa shape index (κ3) is 5.41. The summed E-state index contributed by atoms with van der Waals surface area (Å²) in [5, 5.41) is 4.03. The number of thioether (sulfide) groups is 1. The number of benzene rings is 1. The lowest BCUT2D eigenvalue weighted by atomic mass is 9.87. The number of anilines is 3. The largest absolute Gasteiger partial charge is 0.383 e. The molecule has 0 unspecified atom stereocenters. The van der Waals surface area contributed by atoms with Crippen molar-refractivity contribution in [2.45, 2.75) is 69.2 Å². The molecule has 1 aromatic carbocycles. The van der Waals surface area contributed by atoms with Crippen LogP contribution < -0.4 is 16.0 Å². The van der Waals surface area contributed by atoms with Gasteiger partial charge in [-0.15, -0.1) is 0 Å². The zero-order valence-corrected chi connectivity index (χ0v) is 18.6. The van der Waals surface area contributed by atoms with Gasteiger partial charge in [0.05, 0.1) is 5.69 Å². The molecule has 0 saturated heterocycles. The molecule has 1 aliphatic carbocycles. The Morgan fingerprint density at radius 2 is 1.86 bits per heavy atom. The summed E-state index contributed by atoms with van der Waals surface area (Å²) < 4.78 is 0. The van der Waals surface area contributed by atoms with Crippen molar-refractivity contribution in [1.29, 1.82) is 0 Å². The minimum absolute atomic E-state index is 0.0411. The number of nitrogens with one attached hydrogen (secondary N) is 1. The molecule has 1 heterocycles. The Hall–Kier alpha value is -2.28. The molecular formula is C22H31N5OS. The van der Waals surface area contributed by atoms with Crippen LogP contribution in [-0.4, -0.2) is 27.8 Å². The quantitative estimate of drug-likeness (QED) is 0.653. The van der Waals surface area contributed by atoms with E-state index in [2.05, 4.69) is 48.2 Å². The van der Waals surface area contributed by atoms with Gasteiger partial charge in [-0.3, -0.25) is 0 Å². The van der Waals surface area contributed by atoms with Crippen LogP contribution in [0.25, 0.3) is 0 Å². The Morgan fingerprint density at radius 1 is 1.21 bits per heavy atom. The second-order valence-corrected chi connectivity index (χ2v) is 9.69. The molecule has 0 spiro atoms. The van der Waals surface area contributed by atoms with Crippen LogP contribution in [0.2, 0.25) is 0 Å². The smallest absolute Gasteiger partial charge is 0.327 e. The van der Waals surface area contributed by atoms with Gasteiger partial charge < -0.3 is 11.1 Å².